The van der Waals surface area contributed by atoms with Crippen LogP contribution < -0.4 is 78.6 Å². The zero-order chi connectivity index (χ0) is 91.2. The molecule has 0 fully saturated rings. The van der Waals surface area contributed by atoms with Gasteiger partial charge in [-0.1, -0.05) is 181 Å². The molecule has 28 nitrogen and oxygen atoms in total. The molecule has 0 radical (unpaired) electrons. The number of aromatic amines is 4. The first kappa shape index (κ1) is 95.7. The maximum absolute atomic E-state index is 12.5. The minimum Gasteiger partial charge on any atom is -0.348 e. The van der Waals surface area contributed by atoms with Crippen LogP contribution in [0.4, 0.5) is 0 Å². The van der Waals surface area contributed by atoms with Crippen LogP contribution in [0.3, 0.4) is 0 Å². The number of rotatable bonds is 34. The number of hydrogen-bond donors (Lipinski definition) is 18. The summed E-state index contributed by atoms with van der Waals surface area (Å²) in [6.07, 6.45) is 9.34. The van der Waals surface area contributed by atoms with Crippen LogP contribution in [-0.4, -0.2) is 156 Å². The molecule has 0 aliphatic carbocycles. The molecule has 0 spiro atoms. The first-order valence-corrected chi connectivity index (χ1v) is 44.1. The van der Waals surface area contributed by atoms with Crippen LogP contribution in [0.2, 0.25) is 0 Å². The van der Waals surface area contributed by atoms with Gasteiger partial charge in [-0.25, -0.2) is 24.9 Å². The van der Waals surface area contributed by atoms with Crippen molar-refractivity contribution in [1.29, 1.82) is 0 Å². The molecule has 0 unspecified atom stereocenters. The van der Waals surface area contributed by atoms with Gasteiger partial charge in [0.1, 0.15) is 5.82 Å². The van der Waals surface area contributed by atoms with E-state index in [2.05, 4.69) is 234 Å². The number of carbonyl (C=O) groups excluding carboxylic acids is 4. The summed E-state index contributed by atoms with van der Waals surface area (Å²) in [6, 6.07) is 71.8. The standard InChI is InChI=1S/2C21H27N5O.2C20H25N5O.C18H22N4/c1-14-5-7-15(8-6-14)16-9-10-19-18(12-16)25-20(26(19)2)21(27)24-13-17(23)4-3-11-22;1-2-14-5-7-15(8-6-14)16-9-10-18-19(12-16)26-20(25-18)21(27)24-13-17(23)4-3-11-22;1-13-4-2-5-14(10-13)15-7-8-17-18(11-15)25-19(24-17)20(26)23-12-16(22)6-3-9-21;1-13-4-6-14(7-5-13)15-8-9-17-18(11-15)25-19(24-17)20(26)23-12-16(22)3-2-10-21;1-12-4-6-13(7-5-12)14-8-9-16-17(11-14)22-18(21-16)15(20)3-2-10-19/h5-10,12,17H,3-4,11,13,22-23H2,1-2H3,(H,24,27);5-10,12,17H,2-4,11,13,22-23H2,1H3,(H,24,27)(H,25,26);2,4-5,7-8,10-11,16H,3,6,9,12,21-22H2,1H3,(H,23,26)(H,24,25);4-9,11,16H,2-3,10,12,21-22H2,1H3,(H,23,26)(H,24,25);4-9,11,15H,2-3,10,19-20H2,1H3,(H,21,22)/t2*17-;2*16-;15-/m00000/s1. The Morgan fingerprint density at radius 2 is 0.641 bits per heavy atom. The first-order valence-electron chi connectivity index (χ1n) is 44.1. The number of fused-ring (bicyclic) bond motifs is 5. The number of benzene rings is 10. The highest BCUT2D eigenvalue weighted by molar-refractivity contribution is 5.98. The van der Waals surface area contributed by atoms with Gasteiger partial charge in [0.2, 0.25) is 0 Å². The second-order valence-corrected chi connectivity index (χ2v) is 32.7. The molecule has 28 heteroatoms. The molecule has 0 aliphatic rings. The predicted molar refractivity (Wildman–Crippen MR) is 520 cm³/mol. The highest BCUT2D eigenvalue weighted by Crippen LogP contribution is 2.31. The molecule has 128 heavy (non-hydrogen) atoms. The molecule has 5 aromatic heterocycles. The molecule has 10 aromatic carbocycles. The fourth-order valence-corrected chi connectivity index (χ4v) is 14.5. The lowest BCUT2D eigenvalue weighted by Gasteiger charge is -2.11. The SMILES string of the molecule is CCc1ccc(-c2ccc3nc(C(=O)NC[C@@H](N)CCCN)[nH]c3c2)cc1.Cc1ccc(-c2ccc3c(c2)nc(C(=O)NC[C@@H](N)CCCN)n3C)cc1.Cc1ccc(-c2ccc3nc(C(=O)NC[C@@H](N)CCCN)[nH]c3c2)cc1.Cc1ccc(-c2ccc3nc([C@@H](N)CCCN)[nH]c3c2)cc1.Cc1cccc(-c2ccc3nc(C(=O)NC[C@@H](N)CCCN)[nH]c3c2)c1. The number of aryl methyl sites for hydroxylation is 6. The minimum atomic E-state index is -0.249. The van der Waals surface area contributed by atoms with Crippen molar-refractivity contribution in [2.24, 2.45) is 64.4 Å². The molecule has 0 bridgehead atoms. The smallest absolute Gasteiger partial charge is 0.287 e. The maximum atomic E-state index is 12.5. The normalized spacial score (nSPS) is 12.3. The molecule has 5 heterocycles. The van der Waals surface area contributed by atoms with E-state index < -0.39 is 0 Å². The molecule has 5 atom stereocenters. The Kier molecular flexibility index (Phi) is 35.5. The van der Waals surface area contributed by atoms with Gasteiger partial charge in [0, 0.05) is 57.4 Å². The lowest BCUT2D eigenvalue weighted by atomic mass is 10.0. The van der Waals surface area contributed by atoms with Gasteiger partial charge < -0.3 is 103 Å². The molecule has 0 aliphatic heterocycles. The van der Waals surface area contributed by atoms with Crippen LogP contribution in [0.25, 0.3) is 111 Å². The summed E-state index contributed by atoms with van der Waals surface area (Å²) in [5.74, 6) is 1.16. The van der Waals surface area contributed by atoms with E-state index in [4.69, 9.17) is 57.3 Å². The Labute approximate surface area is 748 Å². The molecule has 0 saturated carbocycles. The predicted octanol–water partition coefficient (Wildman–Crippen LogP) is 12.9. The van der Waals surface area contributed by atoms with Crippen LogP contribution in [0.5, 0.6) is 0 Å². The summed E-state index contributed by atoms with van der Waals surface area (Å²) >= 11 is 0. The van der Waals surface area contributed by atoms with E-state index >= 15 is 0 Å². The van der Waals surface area contributed by atoms with Crippen LogP contribution in [0.1, 0.15) is 153 Å². The number of amides is 4. The van der Waals surface area contributed by atoms with E-state index in [0.29, 0.717) is 82.2 Å². The van der Waals surface area contributed by atoms with Gasteiger partial charge in [0.25, 0.3) is 23.6 Å². The van der Waals surface area contributed by atoms with Gasteiger partial charge in [0.05, 0.1) is 61.2 Å². The van der Waals surface area contributed by atoms with Crippen molar-refractivity contribution >= 4 is 78.8 Å². The van der Waals surface area contributed by atoms with Gasteiger partial charge >= 0.3 is 0 Å². The third-order valence-electron chi connectivity index (χ3n) is 22.2. The monoisotopic (exact) mass is 1730 g/mol. The zero-order valence-corrected chi connectivity index (χ0v) is 74.3. The van der Waals surface area contributed by atoms with E-state index in [1.165, 1.54) is 38.9 Å². The van der Waals surface area contributed by atoms with Gasteiger partial charge in [-0.05, 0) is 253 Å². The topological polar surface area (TPSA) is 509 Å². The number of H-pyrrole nitrogens is 4. The fraction of sp³-hybridized carbons (Fsp3) is 0.310. The Bertz CT molecular complexity index is 6090. The quantitative estimate of drug-likeness (QED) is 0.0178. The van der Waals surface area contributed by atoms with Crippen LogP contribution in [-0.2, 0) is 13.5 Å². The van der Waals surface area contributed by atoms with Crippen molar-refractivity contribution in [1.82, 2.24) is 70.7 Å². The third kappa shape index (κ3) is 27.3. The highest BCUT2D eigenvalue weighted by atomic mass is 16.2. The van der Waals surface area contributed by atoms with Crippen LogP contribution >= 0.6 is 0 Å². The van der Waals surface area contributed by atoms with Gasteiger partial charge in [0.15, 0.2) is 23.3 Å². The van der Waals surface area contributed by atoms with Gasteiger partial charge in [-0.15, -0.1) is 0 Å². The number of hydrogen-bond acceptors (Lipinski definition) is 19. The van der Waals surface area contributed by atoms with Crippen LogP contribution in [0.15, 0.2) is 212 Å². The first-order chi connectivity index (χ1) is 61.9. The van der Waals surface area contributed by atoms with Crippen LogP contribution in [0, 0.1) is 27.7 Å². The second kappa shape index (κ2) is 47.6. The minimum absolute atomic E-state index is 0.0845. The molecule has 28 N–H and O–H groups in total. The number of carbonyl (C=O) groups is 4. The molecule has 4 amide bonds. The van der Waals surface area contributed by atoms with E-state index in [1.54, 1.807) is 0 Å². The third-order valence-corrected chi connectivity index (χ3v) is 22.2. The average Bonchev–Trinajstić information content (AvgIpc) is 1.61. The Morgan fingerprint density at radius 3 is 1.01 bits per heavy atom. The van der Waals surface area contributed by atoms with E-state index in [-0.39, 0.29) is 53.8 Å². The summed E-state index contributed by atoms with van der Waals surface area (Å²) in [7, 11) is 1.85. The lowest BCUT2D eigenvalue weighted by Crippen LogP contribution is -2.38. The number of aromatic nitrogens is 10. The fourth-order valence-electron chi connectivity index (χ4n) is 14.5. The van der Waals surface area contributed by atoms with Gasteiger partial charge in [-0.3, -0.25) is 19.2 Å². The molecule has 15 aromatic rings. The maximum Gasteiger partial charge on any atom is 0.287 e. The van der Waals surface area contributed by atoms with Crippen molar-refractivity contribution in [2.75, 3.05) is 58.9 Å². The summed E-state index contributed by atoms with van der Waals surface area (Å²) in [5, 5.41) is 11.3. The molecule has 670 valence electrons. The Balaban J connectivity index is 0.000000155. The molecule has 0 saturated heterocycles. The Morgan fingerprint density at radius 1 is 0.328 bits per heavy atom. The molecule has 15 rings (SSSR count). The van der Waals surface area contributed by atoms with E-state index in [1.807, 2.05) is 90.5 Å². The van der Waals surface area contributed by atoms with Gasteiger partial charge in [-0.2, -0.15) is 0 Å². The number of nitrogens with zero attached hydrogens (tertiary/aromatic N) is 6. The van der Waals surface area contributed by atoms with Crippen molar-refractivity contribution in [3.05, 3.63) is 269 Å². The average molecular weight is 1730 g/mol. The summed E-state index contributed by atoms with van der Waals surface area (Å²) in [6.45, 7) is 15.2. The van der Waals surface area contributed by atoms with E-state index in [0.717, 1.165) is 176 Å². The van der Waals surface area contributed by atoms with E-state index in [9.17, 15) is 19.2 Å². The highest BCUT2D eigenvalue weighted by Gasteiger charge is 2.21. The molecular weight excluding hydrogens is 1600 g/mol. The largest absolute Gasteiger partial charge is 0.348 e. The molecular formula is C100H126N24O4. The zero-order valence-electron chi connectivity index (χ0n) is 74.3. The number of imidazole rings is 5. The van der Waals surface area contributed by atoms with Crippen molar-refractivity contribution < 1.29 is 19.2 Å². The summed E-state index contributed by atoms with van der Waals surface area (Å²) < 4.78 is 1.81. The Hall–Kier alpha value is -13.0. The summed E-state index contributed by atoms with van der Waals surface area (Å²) in [5.41, 5.74) is 83.5. The lowest BCUT2D eigenvalue weighted by molar-refractivity contribution is 0.0931. The second-order valence-electron chi connectivity index (χ2n) is 32.7. The van der Waals surface area contributed by atoms with Crippen molar-refractivity contribution in [3.63, 3.8) is 0 Å². The number of nitrogens with two attached hydrogens (primary N) is 10. The number of nitrogens with one attached hydrogen (secondary N) is 8. The van der Waals surface area contributed by atoms with Crippen molar-refractivity contribution in [2.45, 2.75) is 135 Å². The summed E-state index contributed by atoms with van der Waals surface area (Å²) in [4.78, 5) is 84.4. The van der Waals surface area contributed by atoms with Crippen molar-refractivity contribution in [3.8, 4) is 55.6 Å².